The molecular weight excluding hydrogens is 240 g/mol. The van der Waals surface area contributed by atoms with Gasteiger partial charge in [0.2, 0.25) is 0 Å². The van der Waals surface area contributed by atoms with Crippen LogP contribution in [0.2, 0.25) is 0 Å². The van der Waals surface area contributed by atoms with Gasteiger partial charge < -0.3 is 0 Å². The summed E-state index contributed by atoms with van der Waals surface area (Å²) in [4.78, 5) is 0. The molecule has 0 spiro atoms. The summed E-state index contributed by atoms with van der Waals surface area (Å²) in [6, 6.07) is 24.1. The van der Waals surface area contributed by atoms with E-state index in [0.29, 0.717) is 18.1 Å². The van der Waals surface area contributed by atoms with Crippen molar-refractivity contribution in [2.24, 2.45) is 0 Å². The van der Waals surface area contributed by atoms with Crippen LogP contribution in [-0.4, -0.2) is 0 Å². The molecule has 0 unspecified atom stereocenters. The molecular formula is C20H18. The molecule has 0 aliphatic heterocycles. The van der Waals surface area contributed by atoms with Crippen molar-refractivity contribution >= 4 is 0 Å². The van der Waals surface area contributed by atoms with Crippen LogP contribution in [0, 0.1) is 0 Å². The largest absolute Gasteiger partial charge is 0.0623 e. The van der Waals surface area contributed by atoms with Gasteiger partial charge in [-0.05, 0) is 23.6 Å². The highest BCUT2D eigenvalue weighted by atomic mass is 14.3. The molecule has 0 heterocycles. The molecule has 0 heteroatoms. The summed E-state index contributed by atoms with van der Waals surface area (Å²) >= 11 is 0. The van der Waals surface area contributed by atoms with E-state index in [1.54, 1.807) is 36.4 Å². The summed E-state index contributed by atoms with van der Waals surface area (Å²) < 4.78 is 23.1. The Bertz CT molecular complexity index is 677. The van der Waals surface area contributed by atoms with E-state index in [9.17, 15) is 0 Å². The Kier molecular flexibility index (Phi) is 2.55. The van der Waals surface area contributed by atoms with Crippen LogP contribution < -0.4 is 0 Å². The van der Waals surface area contributed by atoms with Crippen LogP contribution in [0.15, 0.2) is 90.9 Å². The first-order valence-corrected chi connectivity index (χ1v) is 6.71. The smallest absolute Gasteiger partial charge is 0.0622 e. The van der Waals surface area contributed by atoms with Gasteiger partial charge in [-0.15, -0.1) is 0 Å². The molecule has 0 fully saturated rings. The van der Waals surface area contributed by atoms with Crippen molar-refractivity contribution in [3.05, 3.63) is 108 Å². The third-order valence-electron chi connectivity index (χ3n) is 3.89. The van der Waals surface area contributed by atoms with Gasteiger partial charge in [-0.25, -0.2) is 0 Å². The zero-order valence-corrected chi connectivity index (χ0v) is 11.4. The average Bonchev–Trinajstić information content (AvgIpc) is 2.56. The van der Waals surface area contributed by atoms with E-state index in [1.807, 2.05) is 36.4 Å². The van der Waals surface area contributed by atoms with E-state index in [2.05, 4.69) is 6.92 Å². The van der Waals surface area contributed by atoms with Gasteiger partial charge in [-0.2, -0.15) is 0 Å². The standard InChI is InChI=1S/C20H18/c1-20(17-11-5-2-6-12-17,18-13-7-3-8-14-18)19-15-9-4-10-16-19/h2-16H,1H3/i2D,3D,4D. The third-order valence-corrected chi connectivity index (χ3v) is 3.89. The van der Waals surface area contributed by atoms with Crippen LogP contribution >= 0.6 is 0 Å². The Labute approximate surface area is 124 Å². The Balaban J connectivity index is 2.21. The zero-order valence-electron chi connectivity index (χ0n) is 14.4. The predicted molar refractivity (Wildman–Crippen MR) is 84.9 cm³/mol. The molecule has 0 N–H and O–H groups in total. The molecule has 3 rings (SSSR count). The lowest BCUT2D eigenvalue weighted by atomic mass is 9.71. The Morgan fingerprint density at radius 2 is 0.850 bits per heavy atom. The zero-order chi connectivity index (χ0) is 16.4. The third kappa shape index (κ3) is 2.14. The minimum absolute atomic E-state index is 0.394. The summed E-state index contributed by atoms with van der Waals surface area (Å²) in [5.41, 5.74) is 2.87. The lowest BCUT2D eigenvalue weighted by Crippen LogP contribution is -2.25. The average molecular weight is 261 g/mol. The fourth-order valence-corrected chi connectivity index (χ4v) is 2.66. The fourth-order valence-electron chi connectivity index (χ4n) is 2.66. The van der Waals surface area contributed by atoms with Crippen LogP contribution in [0.1, 0.15) is 27.7 Å². The molecule has 0 amide bonds. The number of rotatable bonds is 3. The van der Waals surface area contributed by atoms with Crippen LogP contribution in [0.4, 0.5) is 0 Å². The second kappa shape index (κ2) is 5.34. The van der Waals surface area contributed by atoms with Crippen LogP contribution in [0.5, 0.6) is 0 Å². The van der Waals surface area contributed by atoms with Crippen molar-refractivity contribution in [1.82, 2.24) is 0 Å². The molecule has 3 aromatic rings. The molecule has 0 aliphatic carbocycles. The minimum Gasteiger partial charge on any atom is -0.0622 e. The predicted octanol–water partition coefficient (Wildman–Crippen LogP) is 5.04. The maximum absolute atomic E-state index is 7.71. The Morgan fingerprint density at radius 3 is 1.10 bits per heavy atom. The first-order chi connectivity index (χ1) is 11.0. The molecule has 0 bridgehead atoms. The quantitative estimate of drug-likeness (QED) is 0.579. The Morgan fingerprint density at radius 1 is 0.600 bits per heavy atom. The van der Waals surface area contributed by atoms with Gasteiger partial charge in [0.05, 0.1) is 4.11 Å². The van der Waals surface area contributed by atoms with Crippen molar-refractivity contribution in [3.8, 4) is 0 Å². The van der Waals surface area contributed by atoms with E-state index < -0.39 is 5.41 Å². The van der Waals surface area contributed by atoms with Crippen molar-refractivity contribution in [2.45, 2.75) is 12.3 Å². The number of hydrogen-bond acceptors (Lipinski definition) is 0. The van der Waals surface area contributed by atoms with Gasteiger partial charge in [0.25, 0.3) is 0 Å². The van der Waals surface area contributed by atoms with Crippen molar-refractivity contribution in [2.75, 3.05) is 0 Å². The Hall–Kier alpha value is -2.34. The second-order valence-corrected chi connectivity index (χ2v) is 4.99. The monoisotopic (exact) mass is 261 g/mol. The van der Waals surface area contributed by atoms with E-state index in [-0.39, 0.29) is 0 Å². The van der Waals surface area contributed by atoms with Gasteiger partial charge in [-0.1, -0.05) is 90.9 Å². The van der Waals surface area contributed by atoms with E-state index in [0.717, 1.165) is 16.7 Å². The number of hydrogen-bond donors (Lipinski definition) is 0. The lowest BCUT2D eigenvalue weighted by Gasteiger charge is -2.31. The fraction of sp³-hybridized carbons (Fsp3) is 0.100. The van der Waals surface area contributed by atoms with Gasteiger partial charge in [0, 0.05) is 5.41 Å². The van der Waals surface area contributed by atoms with Crippen molar-refractivity contribution in [1.29, 1.82) is 0 Å². The van der Waals surface area contributed by atoms with Crippen molar-refractivity contribution < 1.29 is 4.11 Å². The molecule has 0 saturated heterocycles. The number of benzene rings is 3. The maximum Gasteiger partial charge on any atom is 0.0623 e. The highest BCUT2D eigenvalue weighted by Gasteiger charge is 2.30. The first-order valence-electron chi connectivity index (χ1n) is 8.21. The van der Waals surface area contributed by atoms with E-state index >= 15 is 0 Å². The molecule has 0 atom stereocenters. The normalized spacial score (nSPS) is 13.3. The minimum atomic E-state index is -0.394. The molecule has 0 nitrogen and oxygen atoms in total. The highest BCUT2D eigenvalue weighted by molar-refractivity contribution is 5.49. The molecule has 0 radical (unpaired) electrons. The van der Waals surface area contributed by atoms with Gasteiger partial charge >= 0.3 is 0 Å². The van der Waals surface area contributed by atoms with Crippen LogP contribution in [0.3, 0.4) is 0 Å². The highest BCUT2D eigenvalue weighted by Crippen LogP contribution is 2.38. The molecule has 20 heavy (non-hydrogen) atoms. The molecule has 0 saturated carbocycles. The van der Waals surface area contributed by atoms with Gasteiger partial charge in [0.15, 0.2) is 0 Å². The molecule has 0 aliphatic rings. The molecule has 3 aromatic carbocycles. The lowest BCUT2D eigenvalue weighted by molar-refractivity contribution is 0.692. The summed E-state index contributed by atoms with van der Waals surface area (Å²) in [6.07, 6.45) is 0. The van der Waals surface area contributed by atoms with E-state index in [4.69, 9.17) is 4.11 Å². The molecule has 0 aromatic heterocycles. The van der Waals surface area contributed by atoms with Crippen LogP contribution in [0.25, 0.3) is 0 Å². The summed E-state index contributed by atoms with van der Waals surface area (Å²) in [5, 5.41) is 0. The molecule has 98 valence electrons. The maximum atomic E-state index is 7.71. The summed E-state index contributed by atoms with van der Waals surface area (Å²) in [7, 11) is 0. The van der Waals surface area contributed by atoms with E-state index in [1.165, 1.54) is 0 Å². The topological polar surface area (TPSA) is 0 Å². The SMILES string of the molecule is [2H]c1ccc(C(C)(c2ccc([2H])cc2)c2ccc([2H])cc2)cc1. The summed E-state index contributed by atoms with van der Waals surface area (Å²) in [6.45, 7) is 2.14. The van der Waals surface area contributed by atoms with Gasteiger partial charge in [-0.3, -0.25) is 0 Å². The second-order valence-electron chi connectivity index (χ2n) is 4.99. The summed E-state index contributed by atoms with van der Waals surface area (Å²) in [5.74, 6) is 0. The van der Waals surface area contributed by atoms with Gasteiger partial charge in [0.1, 0.15) is 0 Å². The first kappa shape index (κ1) is 9.55. The van der Waals surface area contributed by atoms with Crippen molar-refractivity contribution in [3.63, 3.8) is 0 Å². The van der Waals surface area contributed by atoms with Crippen LogP contribution in [-0.2, 0) is 5.41 Å².